The molecule has 2 amide bonds. The molecule has 1 fully saturated rings. The first-order chi connectivity index (χ1) is 16.1. The molecule has 1 spiro atoms. The lowest BCUT2D eigenvalue weighted by atomic mass is 9.83. The van der Waals surface area contributed by atoms with Crippen LogP contribution in [0.5, 0.6) is 0 Å². The summed E-state index contributed by atoms with van der Waals surface area (Å²) >= 11 is 0. The molecule has 2 aromatic rings. The molecule has 0 radical (unpaired) electrons. The molecule has 0 aromatic heterocycles. The Morgan fingerprint density at radius 3 is 2.45 bits per heavy atom. The van der Waals surface area contributed by atoms with E-state index in [4.69, 9.17) is 4.74 Å². The topological polar surface area (TPSA) is 53.1 Å². The number of hydrogen-bond donors (Lipinski definition) is 0. The number of rotatable bonds is 4. The Bertz CT molecular complexity index is 1050. The van der Waals surface area contributed by atoms with E-state index in [2.05, 4.69) is 35.4 Å². The maximum absolute atomic E-state index is 13.4. The van der Waals surface area contributed by atoms with Crippen LogP contribution in [0.25, 0.3) is 0 Å². The van der Waals surface area contributed by atoms with Gasteiger partial charge in [-0.25, -0.2) is 4.79 Å². The van der Waals surface area contributed by atoms with Crippen LogP contribution in [0.3, 0.4) is 0 Å². The van der Waals surface area contributed by atoms with Crippen LogP contribution in [0.15, 0.2) is 66.9 Å². The van der Waals surface area contributed by atoms with Gasteiger partial charge in [0.25, 0.3) is 5.91 Å². The summed E-state index contributed by atoms with van der Waals surface area (Å²) in [5, 5.41) is 0. The lowest BCUT2D eigenvalue weighted by Crippen LogP contribution is -2.50. The predicted molar refractivity (Wildman–Crippen MR) is 127 cm³/mol. The van der Waals surface area contributed by atoms with Crippen molar-refractivity contribution in [3.8, 4) is 0 Å². The molecule has 3 aliphatic rings. The van der Waals surface area contributed by atoms with Gasteiger partial charge in [0.1, 0.15) is 0 Å². The third-order valence-corrected chi connectivity index (χ3v) is 7.29. The number of ether oxygens (including phenoxy) is 1. The summed E-state index contributed by atoms with van der Waals surface area (Å²) in [6.45, 7) is 5.17. The Balaban J connectivity index is 1.36. The van der Waals surface area contributed by atoms with E-state index in [0.29, 0.717) is 19.2 Å². The van der Waals surface area contributed by atoms with Gasteiger partial charge in [-0.3, -0.25) is 4.79 Å². The molecule has 33 heavy (non-hydrogen) atoms. The van der Waals surface area contributed by atoms with Crippen molar-refractivity contribution in [2.45, 2.75) is 44.3 Å². The van der Waals surface area contributed by atoms with E-state index in [1.54, 1.807) is 0 Å². The van der Waals surface area contributed by atoms with E-state index < -0.39 is 5.54 Å². The average Bonchev–Trinajstić information content (AvgIpc) is 3.08. The second-order valence-corrected chi connectivity index (χ2v) is 9.07. The largest absolute Gasteiger partial charge is 0.450 e. The Kier molecular flexibility index (Phi) is 5.83. The quantitative estimate of drug-likeness (QED) is 0.701. The van der Waals surface area contributed by atoms with E-state index in [-0.39, 0.29) is 12.0 Å². The molecule has 1 unspecified atom stereocenters. The molecule has 172 valence electrons. The summed E-state index contributed by atoms with van der Waals surface area (Å²) < 4.78 is 5.15. The summed E-state index contributed by atoms with van der Waals surface area (Å²) in [5.74, 6) is 0.107. The van der Waals surface area contributed by atoms with Crippen LogP contribution < -0.4 is 0 Å². The average molecular weight is 446 g/mol. The maximum Gasteiger partial charge on any atom is 0.409 e. The number of carbonyl (C=O) groups is 2. The number of likely N-dealkylation sites (tertiary alicyclic amines) is 1. The predicted octanol–water partition coefficient (Wildman–Crippen LogP) is 4.38. The zero-order valence-corrected chi connectivity index (χ0v) is 19.2. The van der Waals surface area contributed by atoms with Crippen molar-refractivity contribution in [3.63, 3.8) is 0 Å². The van der Waals surface area contributed by atoms with E-state index in [0.717, 1.165) is 55.6 Å². The van der Waals surface area contributed by atoms with Gasteiger partial charge >= 0.3 is 6.09 Å². The molecule has 1 saturated heterocycles. The molecule has 0 N–H and O–H groups in total. The monoisotopic (exact) mass is 445 g/mol. The van der Waals surface area contributed by atoms with Crippen LogP contribution >= 0.6 is 0 Å². The zero-order chi connectivity index (χ0) is 22.8. The Hall–Kier alpha value is -3.28. The summed E-state index contributed by atoms with van der Waals surface area (Å²) in [5.41, 5.74) is 2.65. The SMILES string of the molecule is CCOC(=O)N1CCC(N2C=CC3(CC2)c2ccccc2C(=O)N3Cc2ccccc2)CC1. The molecule has 5 rings (SSSR count). The van der Waals surface area contributed by atoms with Crippen LogP contribution in [0.2, 0.25) is 0 Å². The first kappa shape index (κ1) is 21.6. The summed E-state index contributed by atoms with van der Waals surface area (Å²) in [6.07, 6.45) is 6.94. The van der Waals surface area contributed by atoms with Crippen LogP contribution in [-0.4, -0.2) is 59.0 Å². The molecule has 3 heterocycles. The summed E-state index contributed by atoms with van der Waals surface area (Å²) in [6, 6.07) is 18.7. The molecule has 6 heteroatoms. The minimum Gasteiger partial charge on any atom is -0.450 e. The van der Waals surface area contributed by atoms with Gasteiger partial charge in [0.15, 0.2) is 0 Å². The number of amides is 2. The zero-order valence-electron chi connectivity index (χ0n) is 19.2. The lowest BCUT2D eigenvalue weighted by molar-refractivity contribution is 0.0510. The molecule has 3 aliphatic heterocycles. The van der Waals surface area contributed by atoms with Crippen molar-refractivity contribution in [2.24, 2.45) is 0 Å². The van der Waals surface area contributed by atoms with Crippen LogP contribution in [-0.2, 0) is 16.8 Å². The first-order valence-electron chi connectivity index (χ1n) is 11.9. The van der Waals surface area contributed by atoms with E-state index in [1.165, 1.54) is 0 Å². The Labute approximate surface area is 195 Å². The van der Waals surface area contributed by atoms with Gasteiger partial charge in [-0.15, -0.1) is 0 Å². The van der Waals surface area contributed by atoms with Crippen LogP contribution in [0.1, 0.15) is 47.7 Å². The molecule has 0 bridgehead atoms. The number of fused-ring (bicyclic) bond motifs is 2. The van der Waals surface area contributed by atoms with Crippen molar-refractivity contribution >= 4 is 12.0 Å². The highest BCUT2D eigenvalue weighted by atomic mass is 16.6. The lowest BCUT2D eigenvalue weighted by Gasteiger charge is -2.45. The standard InChI is InChI=1S/C27H31N3O3/c1-2-33-26(32)29-16-12-22(13-17-29)28-18-14-27(15-19-28)24-11-7-6-10-23(24)25(31)30(27)20-21-8-4-3-5-9-21/h3-11,14,18,22H,2,12-13,15-17,19-20H2,1H3. The van der Waals surface area contributed by atoms with Crippen molar-refractivity contribution < 1.29 is 14.3 Å². The second kappa shape index (κ2) is 8.93. The third kappa shape index (κ3) is 3.88. The fourth-order valence-electron chi connectivity index (χ4n) is 5.52. The van der Waals surface area contributed by atoms with Gasteiger partial charge in [0.05, 0.1) is 12.1 Å². The highest BCUT2D eigenvalue weighted by Gasteiger charge is 2.49. The highest BCUT2D eigenvalue weighted by Crippen LogP contribution is 2.46. The van der Waals surface area contributed by atoms with Gasteiger partial charge in [-0.1, -0.05) is 48.5 Å². The molecular weight excluding hydrogens is 414 g/mol. The number of carbonyl (C=O) groups excluding carboxylic acids is 2. The van der Waals surface area contributed by atoms with E-state index >= 15 is 0 Å². The van der Waals surface area contributed by atoms with Gasteiger partial charge in [-0.05, 0) is 55.7 Å². The summed E-state index contributed by atoms with van der Waals surface area (Å²) in [4.78, 5) is 31.7. The van der Waals surface area contributed by atoms with Crippen molar-refractivity contribution in [3.05, 3.63) is 83.6 Å². The number of piperidine rings is 1. The first-order valence-corrected chi connectivity index (χ1v) is 11.9. The Morgan fingerprint density at radius 1 is 1.03 bits per heavy atom. The van der Waals surface area contributed by atoms with Crippen molar-refractivity contribution in [1.29, 1.82) is 0 Å². The molecular formula is C27H31N3O3. The second-order valence-electron chi connectivity index (χ2n) is 9.07. The Morgan fingerprint density at radius 2 is 1.76 bits per heavy atom. The smallest absolute Gasteiger partial charge is 0.409 e. The van der Waals surface area contributed by atoms with Gasteiger partial charge in [0.2, 0.25) is 0 Å². The van der Waals surface area contributed by atoms with Crippen molar-refractivity contribution in [1.82, 2.24) is 14.7 Å². The van der Waals surface area contributed by atoms with Crippen LogP contribution in [0, 0.1) is 0 Å². The normalized spacial score (nSPS) is 22.7. The van der Waals surface area contributed by atoms with Gasteiger partial charge < -0.3 is 19.4 Å². The minimum atomic E-state index is -0.411. The van der Waals surface area contributed by atoms with Gasteiger partial charge in [-0.2, -0.15) is 0 Å². The number of hydrogen-bond acceptors (Lipinski definition) is 4. The summed E-state index contributed by atoms with van der Waals surface area (Å²) in [7, 11) is 0. The molecule has 2 aromatic carbocycles. The number of benzene rings is 2. The maximum atomic E-state index is 13.4. The van der Waals surface area contributed by atoms with Gasteiger partial charge in [0, 0.05) is 37.8 Å². The molecule has 1 atom stereocenters. The highest BCUT2D eigenvalue weighted by molar-refractivity contribution is 6.00. The molecule has 6 nitrogen and oxygen atoms in total. The molecule has 0 saturated carbocycles. The van der Waals surface area contributed by atoms with Crippen LogP contribution in [0.4, 0.5) is 4.79 Å². The fraction of sp³-hybridized carbons (Fsp3) is 0.407. The third-order valence-electron chi connectivity index (χ3n) is 7.29. The molecule has 0 aliphatic carbocycles. The van der Waals surface area contributed by atoms with Crippen molar-refractivity contribution in [2.75, 3.05) is 26.2 Å². The minimum absolute atomic E-state index is 0.107. The van der Waals surface area contributed by atoms with E-state index in [1.807, 2.05) is 53.1 Å². The van der Waals surface area contributed by atoms with E-state index in [9.17, 15) is 9.59 Å². The fourth-order valence-corrected chi connectivity index (χ4v) is 5.52. The number of nitrogens with zero attached hydrogens (tertiary/aromatic N) is 3.